The minimum atomic E-state index is -0.211. The van der Waals surface area contributed by atoms with Gasteiger partial charge >= 0.3 is 0 Å². The van der Waals surface area contributed by atoms with Crippen LogP contribution in [0.2, 0.25) is 5.02 Å². The highest BCUT2D eigenvalue weighted by atomic mass is 35.5. The SMILES string of the molecule is Cc1cc(C(=O)Nc2cnn(Cc3ccccc3Cl)c2)c(C)o1. The fourth-order valence-corrected chi connectivity index (χ4v) is 2.57. The molecule has 1 N–H and O–H groups in total. The molecule has 1 amide bonds. The van der Waals surface area contributed by atoms with Crippen LogP contribution in [0.5, 0.6) is 0 Å². The molecule has 5 nitrogen and oxygen atoms in total. The van der Waals surface area contributed by atoms with Crippen molar-refractivity contribution in [3.63, 3.8) is 0 Å². The fraction of sp³-hybridized carbons (Fsp3) is 0.176. The van der Waals surface area contributed by atoms with Crippen LogP contribution in [-0.4, -0.2) is 15.7 Å². The largest absolute Gasteiger partial charge is 0.466 e. The Kier molecular flexibility index (Phi) is 4.21. The van der Waals surface area contributed by atoms with Gasteiger partial charge in [-0.25, -0.2) is 0 Å². The van der Waals surface area contributed by atoms with Crippen LogP contribution in [0.1, 0.15) is 27.4 Å². The van der Waals surface area contributed by atoms with E-state index in [2.05, 4.69) is 10.4 Å². The number of nitrogens with zero attached hydrogens (tertiary/aromatic N) is 2. The van der Waals surface area contributed by atoms with Crippen molar-refractivity contribution in [3.05, 3.63) is 70.4 Å². The molecule has 2 heterocycles. The highest BCUT2D eigenvalue weighted by molar-refractivity contribution is 6.31. The molecule has 1 aromatic carbocycles. The molecule has 0 aliphatic carbocycles. The molecule has 0 atom stereocenters. The number of furan rings is 1. The Bertz CT molecular complexity index is 851. The number of hydrogen-bond donors (Lipinski definition) is 1. The summed E-state index contributed by atoms with van der Waals surface area (Å²) in [5, 5.41) is 7.76. The Morgan fingerprint density at radius 1 is 1.35 bits per heavy atom. The van der Waals surface area contributed by atoms with Crippen LogP contribution >= 0.6 is 11.6 Å². The second kappa shape index (κ2) is 6.30. The van der Waals surface area contributed by atoms with Crippen LogP contribution in [0, 0.1) is 13.8 Å². The number of carbonyl (C=O) groups is 1. The number of amides is 1. The second-order valence-electron chi connectivity index (χ2n) is 5.30. The summed E-state index contributed by atoms with van der Waals surface area (Å²) in [6, 6.07) is 9.32. The molecular formula is C17H16ClN3O2. The first-order chi connectivity index (χ1) is 11.0. The molecular weight excluding hydrogens is 314 g/mol. The molecule has 3 aromatic rings. The number of halogens is 1. The molecule has 0 saturated heterocycles. The number of nitrogens with one attached hydrogen (secondary N) is 1. The standard InChI is InChI=1S/C17H16ClN3O2/c1-11-7-15(12(2)23-11)17(22)20-14-8-19-21(10-14)9-13-5-3-4-6-16(13)18/h3-8,10H,9H2,1-2H3,(H,20,22). The van der Waals surface area contributed by atoms with Gasteiger partial charge in [-0.15, -0.1) is 0 Å². The predicted molar refractivity (Wildman–Crippen MR) is 88.9 cm³/mol. The van der Waals surface area contributed by atoms with Gasteiger partial charge in [-0.3, -0.25) is 9.48 Å². The summed E-state index contributed by atoms with van der Waals surface area (Å²) < 4.78 is 7.10. The van der Waals surface area contributed by atoms with E-state index in [1.54, 1.807) is 30.1 Å². The van der Waals surface area contributed by atoms with E-state index in [1.807, 2.05) is 31.2 Å². The average molecular weight is 330 g/mol. The lowest BCUT2D eigenvalue weighted by Gasteiger charge is -2.04. The molecule has 0 fully saturated rings. The second-order valence-corrected chi connectivity index (χ2v) is 5.71. The molecule has 0 saturated carbocycles. The van der Waals surface area contributed by atoms with E-state index >= 15 is 0 Å². The highest BCUT2D eigenvalue weighted by Crippen LogP contribution is 2.18. The molecule has 0 unspecified atom stereocenters. The Labute approximate surface area is 138 Å². The minimum Gasteiger partial charge on any atom is -0.466 e. The van der Waals surface area contributed by atoms with Crippen molar-refractivity contribution in [1.29, 1.82) is 0 Å². The molecule has 2 aromatic heterocycles. The third-order valence-corrected chi connectivity index (χ3v) is 3.84. The van der Waals surface area contributed by atoms with Crippen molar-refractivity contribution in [1.82, 2.24) is 9.78 Å². The first-order valence-corrected chi connectivity index (χ1v) is 7.55. The summed E-state index contributed by atoms with van der Waals surface area (Å²) in [7, 11) is 0. The third-order valence-electron chi connectivity index (χ3n) is 3.47. The normalized spacial score (nSPS) is 10.7. The highest BCUT2D eigenvalue weighted by Gasteiger charge is 2.14. The fourth-order valence-electron chi connectivity index (χ4n) is 2.37. The van der Waals surface area contributed by atoms with Gasteiger partial charge in [0.2, 0.25) is 0 Å². The van der Waals surface area contributed by atoms with Crippen molar-refractivity contribution in [2.24, 2.45) is 0 Å². The van der Waals surface area contributed by atoms with E-state index in [0.717, 1.165) is 5.56 Å². The average Bonchev–Trinajstić information content (AvgIpc) is 3.07. The van der Waals surface area contributed by atoms with Gasteiger partial charge in [0, 0.05) is 11.2 Å². The Balaban J connectivity index is 1.71. The van der Waals surface area contributed by atoms with Gasteiger partial charge in [0.25, 0.3) is 5.91 Å². The molecule has 118 valence electrons. The number of anilines is 1. The summed E-state index contributed by atoms with van der Waals surface area (Å²) in [5.41, 5.74) is 2.12. The van der Waals surface area contributed by atoms with Crippen LogP contribution in [0.15, 0.2) is 47.1 Å². The van der Waals surface area contributed by atoms with Gasteiger partial charge < -0.3 is 9.73 Å². The van der Waals surface area contributed by atoms with E-state index in [-0.39, 0.29) is 5.91 Å². The summed E-state index contributed by atoms with van der Waals surface area (Å²) in [6.07, 6.45) is 3.38. The molecule has 0 aliphatic rings. The van der Waals surface area contributed by atoms with Crippen molar-refractivity contribution < 1.29 is 9.21 Å². The Hall–Kier alpha value is -2.53. The number of aryl methyl sites for hydroxylation is 2. The van der Waals surface area contributed by atoms with Crippen LogP contribution in [0.3, 0.4) is 0 Å². The maximum absolute atomic E-state index is 12.2. The van der Waals surface area contributed by atoms with Crippen LogP contribution in [0.4, 0.5) is 5.69 Å². The zero-order valence-corrected chi connectivity index (χ0v) is 13.6. The molecule has 3 rings (SSSR count). The maximum Gasteiger partial charge on any atom is 0.259 e. The topological polar surface area (TPSA) is 60.1 Å². The zero-order valence-electron chi connectivity index (χ0n) is 12.8. The molecule has 6 heteroatoms. The van der Waals surface area contributed by atoms with Crippen LogP contribution < -0.4 is 5.32 Å². The van der Waals surface area contributed by atoms with Gasteiger partial charge in [-0.2, -0.15) is 5.10 Å². The Morgan fingerprint density at radius 3 is 2.83 bits per heavy atom. The smallest absolute Gasteiger partial charge is 0.259 e. The van der Waals surface area contributed by atoms with E-state index in [4.69, 9.17) is 16.0 Å². The number of benzene rings is 1. The summed E-state index contributed by atoms with van der Waals surface area (Å²) in [5.74, 6) is 1.10. The lowest BCUT2D eigenvalue weighted by molar-refractivity contribution is 0.102. The maximum atomic E-state index is 12.2. The number of aromatic nitrogens is 2. The lowest BCUT2D eigenvalue weighted by Crippen LogP contribution is -2.11. The van der Waals surface area contributed by atoms with Gasteiger partial charge in [-0.05, 0) is 31.5 Å². The van der Waals surface area contributed by atoms with E-state index in [1.165, 1.54) is 0 Å². The lowest BCUT2D eigenvalue weighted by atomic mass is 10.2. The molecule has 0 spiro atoms. The number of hydrogen-bond acceptors (Lipinski definition) is 3. The van der Waals surface area contributed by atoms with Gasteiger partial charge in [0.05, 0.1) is 24.0 Å². The summed E-state index contributed by atoms with van der Waals surface area (Å²) in [4.78, 5) is 12.2. The molecule has 0 aliphatic heterocycles. The minimum absolute atomic E-state index is 0.211. The Morgan fingerprint density at radius 2 is 2.13 bits per heavy atom. The first-order valence-electron chi connectivity index (χ1n) is 7.17. The number of carbonyl (C=O) groups excluding carboxylic acids is 1. The molecule has 23 heavy (non-hydrogen) atoms. The van der Waals surface area contributed by atoms with E-state index < -0.39 is 0 Å². The van der Waals surface area contributed by atoms with E-state index in [9.17, 15) is 4.79 Å². The molecule has 0 radical (unpaired) electrons. The monoisotopic (exact) mass is 329 g/mol. The zero-order chi connectivity index (χ0) is 16.4. The predicted octanol–water partition coefficient (Wildman–Crippen LogP) is 4.05. The first kappa shape index (κ1) is 15.4. The van der Waals surface area contributed by atoms with Gasteiger partial charge in [0.15, 0.2) is 0 Å². The third kappa shape index (κ3) is 3.46. The number of rotatable bonds is 4. The molecule has 0 bridgehead atoms. The quantitative estimate of drug-likeness (QED) is 0.785. The van der Waals surface area contributed by atoms with E-state index in [0.29, 0.717) is 34.3 Å². The summed E-state index contributed by atoms with van der Waals surface area (Å²) >= 11 is 6.14. The van der Waals surface area contributed by atoms with Gasteiger partial charge in [0.1, 0.15) is 11.5 Å². The van der Waals surface area contributed by atoms with Crippen molar-refractivity contribution >= 4 is 23.2 Å². The van der Waals surface area contributed by atoms with Crippen molar-refractivity contribution in [2.45, 2.75) is 20.4 Å². The van der Waals surface area contributed by atoms with Gasteiger partial charge in [-0.1, -0.05) is 29.8 Å². The summed E-state index contributed by atoms with van der Waals surface area (Å²) in [6.45, 7) is 4.12. The van der Waals surface area contributed by atoms with Crippen LogP contribution in [-0.2, 0) is 6.54 Å². The van der Waals surface area contributed by atoms with Crippen LogP contribution in [0.25, 0.3) is 0 Å². The van der Waals surface area contributed by atoms with Crippen molar-refractivity contribution in [2.75, 3.05) is 5.32 Å². The van der Waals surface area contributed by atoms with Crippen molar-refractivity contribution in [3.8, 4) is 0 Å².